The van der Waals surface area contributed by atoms with Crippen molar-refractivity contribution in [3.63, 3.8) is 0 Å². The molecule has 2 atom stereocenters. The zero-order valence-corrected chi connectivity index (χ0v) is 21.4. The molecular weight excluding hydrogens is 485 g/mol. The number of anilines is 2. The molecule has 0 bridgehead atoms. The van der Waals surface area contributed by atoms with Gasteiger partial charge in [0.1, 0.15) is 5.82 Å². The molecule has 0 saturated carbocycles. The number of pyridine rings is 1. The summed E-state index contributed by atoms with van der Waals surface area (Å²) in [6.07, 6.45) is -3.94. The number of urea groups is 1. The lowest BCUT2D eigenvalue weighted by atomic mass is 9.98. The molecule has 2 amide bonds. The average Bonchev–Trinajstić information content (AvgIpc) is 3.31. The summed E-state index contributed by atoms with van der Waals surface area (Å²) in [5, 5.41) is 12.7. The van der Waals surface area contributed by atoms with Gasteiger partial charge in [-0.05, 0) is 80.0 Å². The first-order valence-electron chi connectivity index (χ1n) is 12.8. The number of nitrogens with zero attached hydrogens (tertiary/aromatic N) is 3. The molecule has 1 aromatic carbocycles. The molecule has 3 heterocycles. The van der Waals surface area contributed by atoms with Gasteiger partial charge >= 0.3 is 12.2 Å². The number of hydrogen-bond donors (Lipinski definition) is 2. The number of amides is 2. The van der Waals surface area contributed by atoms with Gasteiger partial charge in [-0.3, -0.25) is 0 Å². The van der Waals surface area contributed by atoms with Crippen LogP contribution in [0.1, 0.15) is 37.4 Å². The summed E-state index contributed by atoms with van der Waals surface area (Å²) in [5.74, 6) is 0.290. The smallest absolute Gasteiger partial charge is 0.389 e. The standard InChI is InChI=1S/C27H35F3N4O3/c1-18-3-5-23(32-26(36)34-8-7-20(17-34)16-27(28,29)30)15-24(18)21-13-22(6-4-19(2)35)31-25(14-21)33-9-11-37-12-10-33/h3,5,13-15,19-20,35H,4,6-12,16-17H2,1-2H3,(H,32,36)/t19-,20+/m1/s1. The van der Waals surface area contributed by atoms with E-state index in [1.165, 1.54) is 4.90 Å². The number of carbonyl (C=O) groups is 1. The number of alkyl halides is 3. The van der Waals surface area contributed by atoms with E-state index in [9.17, 15) is 23.1 Å². The Bertz CT molecular complexity index is 1090. The van der Waals surface area contributed by atoms with E-state index in [-0.39, 0.29) is 12.6 Å². The lowest BCUT2D eigenvalue weighted by Gasteiger charge is -2.28. The van der Waals surface area contributed by atoms with Crippen LogP contribution < -0.4 is 10.2 Å². The monoisotopic (exact) mass is 520 g/mol. The van der Waals surface area contributed by atoms with Gasteiger partial charge in [0.2, 0.25) is 0 Å². The van der Waals surface area contributed by atoms with Crippen molar-refractivity contribution in [2.45, 2.75) is 51.8 Å². The van der Waals surface area contributed by atoms with Crippen LogP contribution in [0.3, 0.4) is 0 Å². The van der Waals surface area contributed by atoms with Crippen LogP contribution in [-0.2, 0) is 11.2 Å². The fourth-order valence-corrected chi connectivity index (χ4v) is 4.89. The molecule has 7 nitrogen and oxygen atoms in total. The maximum absolute atomic E-state index is 12.8. The second-order valence-electron chi connectivity index (χ2n) is 10.1. The quantitative estimate of drug-likeness (QED) is 0.537. The van der Waals surface area contributed by atoms with Crippen molar-refractivity contribution >= 4 is 17.5 Å². The minimum Gasteiger partial charge on any atom is -0.393 e. The van der Waals surface area contributed by atoms with Crippen molar-refractivity contribution in [3.8, 4) is 11.1 Å². The summed E-state index contributed by atoms with van der Waals surface area (Å²) in [6.45, 7) is 6.92. The number of hydrogen-bond acceptors (Lipinski definition) is 5. The molecule has 4 rings (SSSR count). The number of carbonyl (C=O) groups excluding carboxylic acids is 1. The number of rotatable bonds is 7. The van der Waals surface area contributed by atoms with Crippen LogP contribution in [0, 0.1) is 12.8 Å². The Morgan fingerprint density at radius 1 is 1.22 bits per heavy atom. The van der Waals surface area contributed by atoms with Crippen molar-refractivity contribution in [1.82, 2.24) is 9.88 Å². The molecular formula is C27H35F3N4O3. The third-order valence-electron chi connectivity index (χ3n) is 6.91. The summed E-state index contributed by atoms with van der Waals surface area (Å²) in [5.41, 5.74) is 4.37. The topological polar surface area (TPSA) is 77.9 Å². The second-order valence-corrected chi connectivity index (χ2v) is 10.1. The molecule has 0 aliphatic carbocycles. The van der Waals surface area contributed by atoms with E-state index in [2.05, 4.69) is 10.2 Å². The van der Waals surface area contributed by atoms with Crippen molar-refractivity contribution in [2.75, 3.05) is 49.6 Å². The Kier molecular flexibility index (Phi) is 8.59. The number of morpholine rings is 1. The SMILES string of the molecule is Cc1ccc(NC(=O)N2CC[C@@H](CC(F)(F)F)C2)cc1-c1cc(CC[C@@H](C)O)nc(N2CCOCC2)c1. The minimum atomic E-state index is -4.22. The van der Waals surface area contributed by atoms with Crippen LogP contribution >= 0.6 is 0 Å². The summed E-state index contributed by atoms with van der Waals surface area (Å²) in [4.78, 5) is 21.3. The van der Waals surface area contributed by atoms with Gasteiger partial charge in [0.05, 0.1) is 19.3 Å². The average molecular weight is 521 g/mol. The molecule has 1 aromatic heterocycles. The molecule has 2 aliphatic rings. The maximum atomic E-state index is 12.8. The number of halogens is 3. The largest absolute Gasteiger partial charge is 0.393 e. The van der Waals surface area contributed by atoms with Crippen LogP contribution in [-0.4, -0.2) is 72.7 Å². The maximum Gasteiger partial charge on any atom is 0.389 e. The van der Waals surface area contributed by atoms with Gasteiger partial charge in [-0.15, -0.1) is 0 Å². The zero-order chi connectivity index (χ0) is 26.6. The van der Waals surface area contributed by atoms with Crippen molar-refractivity contribution < 1.29 is 27.8 Å². The van der Waals surface area contributed by atoms with Crippen LogP contribution in [0.15, 0.2) is 30.3 Å². The van der Waals surface area contributed by atoms with Gasteiger partial charge in [0, 0.05) is 44.0 Å². The van der Waals surface area contributed by atoms with E-state index in [4.69, 9.17) is 9.72 Å². The molecule has 2 N–H and O–H groups in total. The number of nitrogens with one attached hydrogen (secondary N) is 1. The van der Waals surface area contributed by atoms with E-state index in [0.29, 0.717) is 44.7 Å². The first kappa shape index (κ1) is 27.2. The fourth-order valence-electron chi connectivity index (χ4n) is 4.89. The molecule has 202 valence electrons. The Morgan fingerprint density at radius 3 is 2.68 bits per heavy atom. The van der Waals surface area contributed by atoms with Crippen molar-refractivity contribution in [3.05, 3.63) is 41.6 Å². The molecule has 0 radical (unpaired) electrons. The number of aromatic nitrogens is 1. The lowest BCUT2D eigenvalue weighted by Crippen LogP contribution is -2.36. The summed E-state index contributed by atoms with van der Waals surface area (Å²) in [6, 6.07) is 9.29. The normalized spacial score (nSPS) is 19.2. The zero-order valence-electron chi connectivity index (χ0n) is 21.4. The van der Waals surface area contributed by atoms with E-state index in [1.807, 2.05) is 31.2 Å². The highest BCUT2D eigenvalue weighted by molar-refractivity contribution is 5.90. The van der Waals surface area contributed by atoms with Crippen molar-refractivity contribution in [1.29, 1.82) is 0 Å². The van der Waals surface area contributed by atoms with Gasteiger partial charge in [-0.2, -0.15) is 13.2 Å². The Balaban J connectivity index is 1.54. The molecule has 2 saturated heterocycles. The molecule has 2 aliphatic heterocycles. The van der Waals surface area contributed by atoms with Gasteiger partial charge in [-0.1, -0.05) is 6.07 Å². The second kappa shape index (κ2) is 11.7. The molecule has 2 aromatic rings. The Hall–Kier alpha value is -2.85. The van der Waals surface area contributed by atoms with Crippen LogP contribution in [0.2, 0.25) is 0 Å². The Labute approximate surface area is 215 Å². The first-order valence-corrected chi connectivity index (χ1v) is 12.8. The molecule has 10 heteroatoms. The highest BCUT2D eigenvalue weighted by Gasteiger charge is 2.36. The van der Waals surface area contributed by atoms with E-state index >= 15 is 0 Å². The Morgan fingerprint density at radius 2 is 1.97 bits per heavy atom. The molecule has 0 unspecified atom stereocenters. The van der Waals surface area contributed by atoms with Crippen LogP contribution in [0.25, 0.3) is 11.1 Å². The van der Waals surface area contributed by atoms with Gasteiger partial charge in [0.25, 0.3) is 0 Å². The third-order valence-corrected chi connectivity index (χ3v) is 6.91. The van der Waals surface area contributed by atoms with Crippen LogP contribution in [0.4, 0.5) is 29.5 Å². The minimum absolute atomic E-state index is 0.101. The summed E-state index contributed by atoms with van der Waals surface area (Å²) in [7, 11) is 0. The predicted octanol–water partition coefficient (Wildman–Crippen LogP) is 5.01. The lowest BCUT2D eigenvalue weighted by molar-refractivity contribution is -0.143. The summed E-state index contributed by atoms with van der Waals surface area (Å²) < 4.78 is 43.7. The third kappa shape index (κ3) is 7.58. The molecule has 0 spiro atoms. The van der Waals surface area contributed by atoms with E-state index in [0.717, 1.165) is 41.3 Å². The number of likely N-dealkylation sites (tertiary alicyclic amines) is 1. The number of ether oxygens (including phenoxy) is 1. The number of benzene rings is 1. The van der Waals surface area contributed by atoms with Gasteiger partial charge < -0.3 is 25.0 Å². The number of aliphatic hydroxyl groups is 1. The van der Waals surface area contributed by atoms with E-state index < -0.39 is 24.6 Å². The van der Waals surface area contributed by atoms with Gasteiger partial charge in [0.15, 0.2) is 0 Å². The first-order chi connectivity index (χ1) is 17.6. The molecule has 37 heavy (non-hydrogen) atoms. The predicted molar refractivity (Wildman–Crippen MR) is 137 cm³/mol. The number of aliphatic hydroxyl groups excluding tert-OH is 1. The summed E-state index contributed by atoms with van der Waals surface area (Å²) >= 11 is 0. The fraction of sp³-hybridized carbons (Fsp3) is 0.556. The van der Waals surface area contributed by atoms with E-state index in [1.54, 1.807) is 13.0 Å². The van der Waals surface area contributed by atoms with Gasteiger partial charge in [-0.25, -0.2) is 9.78 Å². The highest BCUT2D eigenvalue weighted by atomic mass is 19.4. The van der Waals surface area contributed by atoms with Crippen LogP contribution in [0.5, 0.6) is 0 Å². The van der Waals surface area contributed by atoms with Crippen molar-refractivity contribution in [2.24, 2.45) is 5.92 Å². The molecule has 2 fully saturated rings. The number of aryl methyl sites for hydroxylation is 2. The highest BCUT2D eigenvalue weighted by Crippen LogP contribution is 2.32.